The fourth-order valence-electron chi connectivity index (χ4n) is 1.72. The molecule has 0 bridgehead atoms. The molecule has 0 unspecified atom stereocenters. The van der Waals surface area contributed by atoms with E-state index < -0.39 is 0 Å². The van der Waals surface area contributed by atoms with Gasteiger partial charge in [0.15, 0.2) is 0 Å². The molecule has 0 heterocycles. The molecule has 0 saturated heterocycles. The van der Waals surface area contributed by atoms with Gasteiger partial charge in [-0.3, -0.25) is 0 Å². The molecule has 0 saturated carbocycles. The minimum Gasteiger partial charge on any atom is -0.314 e. The quantitative estimate of drug-likeness (QED) is 0.839. The van der Waals surface area contributed by atoms with Crippen molar-refractivity contribution in [3.05, 3.63) is 34.6 Å². The maximum Gasteiger partial charge on any atom is 0.127 e. The smallest absolute Gasteiger partial charge is 0.127 e. The highest BCUT2D eigenvalue weighted by Gasteiger charge is 2.20. The van der Waals surface area contributed by atoms with Crippen molar-refractivity contribution < 1.29 is 4.39 Å². The van der Waals surface area contributed by atoms with E-state index in [4.69, 9.17) is 11.6 Å². The van der Waals surface area contributed by atoms with E-state index in [1.165, 1.54) is 6.07 Å². The Morgan fingerprint density at radius 1 is 1.35 bits per heavy atom. The Balaban J connectivity index is 2.68. The third kappa shape index (κ3) is 5.05. The third-order valence-corrected chi connectivity index (χ3v) is 2.91. The largest absolute Gasteiger partial charge is 0.314 e. The fraction of sp³-hybridized carbons (Fsp3) is 0.571. The van der Waals surface area contributed by atoms with Crippen LogP contribution in [-0.4, -0.2) is 12.6 Å². The van der Waals surface area contributed by atoms with Gasteiger partial charge in [-0.05, 0) is 29.5 Å². The van der Waals surface area contributed by atoms with Crippen molar-refractivity contribution in [3.8, 4) is 0 Å². The van der Waals surface area contributed by atoms with Gasteiger partial charge in [-0.15, -0.1) is 0 Å². The number of hydrogen-bond donors (Lipinski definition) is 1. The van der Waals surface area contributed by atoms with Crippen LogP contribution in [0.4, 0.5) is 4.39 Å². The summed E-state index contributed by atoms with van der Waals surface area (Å²) in [7, 11) is 0. The van der Waals surface area contributed by atoms with E-state index in [-0.39, 0.29) is 11.2 Å². The summed E-state index contributed by atoms with van der Waals surface area (Å²) in [6.07, 6.45) is 0.704. The lowest BCUT2D eigenvalue weighted by Gasteiger charge is -2.26. The average Bonchev–Trinajstić information content (AvgIpc) is 2.20. The molecule has 3 heteroatoms. The molecule has 0 amide bonds. The SMILES string of the molecule is CC(C)NCC(C)(C)Cc1ccc(Cl)cc1F. The second kappa shape index (κ2) is 5.83. The molecule has 0 aliphatic heterocycles. The van der Waals surface area contributed by atoms with Crippen LogP contribution in [0, 0.1) is 11.2 Å². The molecule has 0 aromatic heterocycles. The van der Waals surface area contributed by atoms with Crippen molar-refractivity contribution in [3.63, 3.8) is 0 Å². The van der Waals surface area contributed by atoms with Gasteiger partial charge in [0.2, 0.25) is 0 Å². The normalized spacial score (nSPS) is 12.2. The Hall–Kier alpha value is -0.600. The van der Waals surface area contributed by atoms with Gasteiger partial charge in [-0.2, -0.15) is 0 Å². The summed E-state index contributed by atoms with van der Waals surface area (Å²) < 4.78 is 13.7. The van der Waals surface area contributed by atoms with Crippen molar-refractivity contribution in [2.24, 2.45) is 5.41 Å². The van der Waals surface area contributed by atoms with E-state index in [0.717, 1.165) is 12.1 Å². The van der Waals surface area contributed by atoms with E-state index >= 15 is 0 Å². The Bertz CT molecular complexity index is 374. The third-order valence-electron chi connectivity index (χ3n) is 2.67. The van der Waals surface area contributed by atoms with Crippen LogP contribution in [0.25, 0.3) is 0 Å². The predicted molar refractivity (Wildman–Crippen MR) is 72.0 cm³/mol. The van der Waals surface area contributed by atoms with E-state index in [1.54, 1.807) is 12.1 Å². The van der Waals surface area contributed by atoms with Crippen LogP contribution >= 0.6 is 11.6 Å². The second-order valence-electron chi connectivity index (χ2n) is 5.61. The summed E-state index contributed by atoms with van der Waals surface area (Å²) in [5.74, 6) is -0.213. The van der Waals surface area contributed by atoms with Crippen molar-refractivity contribution in [1.29, 1.82) is 0 Å². The average molecular weight is 258 g/mol. The molecular weight excluding hydrogens is 237 g/mol. The molecule has 0 aliphatic rings. The molecule has 1 nitrogen and oxygen atoms in total. The van der Waals surface area contributed by atoms with Gasteiger partial charge in [0.1, 0.15) is 5.82 Å². The Morgan fingerprint density at radius 3 is 2.53 bits per heavy atom. The van der Waals surface area contributed by atoms with Crippen LogP contribution in [0.3, 0.4) is 0 Å². The maximum atomic E-state index is 13.7. The second-order valence-corrected chi connectivity index (χ2v) is 6.05. The Kier molecular flexibility index (Phi) is 4.96. The minimum atomic E-state index is -0.213. The van der Waals surface area contributed by atoms with E-state index in [9.17, 15) is 4.39 Å². The van der Waals surface area contributed by atoms with Crippen LogP contribution in [0.5, 0.6) is 0 Å². The molecule has 17 heavy (non-hydrogen) atoms. The number of hydrogen-bond acceptors (Lipinski definition) is 1. The van der Waals surface area contributed by atoms with E-state index in [0.29, 0.717) is 17.5 Å². The lowest BCUT2D eigenvalue weighted by Crippen LogP contribution is -2.35. The summed E-state index contributed by atoms with van der Waals surface area (Å²) >= 11 is 5.74. The highest BCUT2D eigenvalue weighted by atomic mass is 35.5. The molecule has 1 rings (SSSR count). The van der Waals surface area contributed by atoms with Gasteiger partial charge in [-0.25, -0.2) is 4.39 Å². The van der Waals surface area contributed by atoms with Crippen molar-refractivity contribution in [2.75, 3.05) is 6.54 Å². The highest BCUT2D eigenvalue weighted by Crippen LogP contribution is 2.24. The van der Waals surface area contributed by atoms with Gasteiger partial charge in [0, 0.05) is 17.6 Å². The summed E-state index contributed by atoms with van der Waals surface area (Å²) in [4.78, 5) is 0. The summed E-state index contributed by atoms with van der Waals surface area (Å²) in [6, 6.07) is 5.34. The zero-order valence-corrected chi connectivity index (χ0v) is 11.7. The molecule has 1 aromatic rings. The van der Waals surface area contributed by atoms with E-state index in [1.807, 2.05) is 0 Å². The van der Waals surface area contributed by atoms with Gasteiger partial charge < -0.3 is 5.32 Å². The lowest BCUT2D eigenvalue weighted by atomic mass is 9.85. The number of rotatable bonds is 5. The van der Waals surface area contributed by atoms with Gasteiger partial charge in [0.25, 0.3) is 0 Å². The highest BCUT2D eigenvalue weighted by molar-refractivity contribution is 6.30. The van der Waals surface area contributed by atoms with Gasteiger partial charge in [0.05, 0.1) is 0 Å². The lowest BCUT2D eigenvalue weighted by molar-refractivity contribution is 0.321. The van der Waals surface area contributed by atoms with Crippen molar-refractivity contribution in [2.45, 2.75) is 40.2 Å². The molecule has 0 aliphatic carbocycles. The standard InChI is InChI=1S/C14H21ClFN/c1-10(2)17-9-14(3,4)8-11-5-6-12(15)7-13(11)16/h5-7,10,17H,8-9H2,1-4H3. The van der Waals surface area contributed by atoms with Crippen LogP contribution in [-0.2, 0) is 6.42 Å². The Labute approximate surface area is 108 Å². The topological polar surface area (TPSA) is 12.0 Å². The molecule has 0 atom stereocenters. The number of nitrogens with one attached hydrogen (secondary N) is 1. The zero-order valence-electron chi connectivity index (χ0n) is 11.0. The Morgan fingerprint density at radius 2 is 2.00 bits per heavy atom. The predicted octanol–water partition coefficient (Wildman–Crippen LogP) is 4.05. The van der Waals surface area contributed by atoms with Gasteiger partial charge in [-0.1, -0.05) is 45.4 Å². The molecule has 0 spiro atoms. The molecule has 1 N–H and O–H groups in total. The zero-order chi connectivity index (χ0) is 13.1. The number of halogens is 2. The van der Waals surface area contributed by atoms with Crippen molar-refractivity contribution in [1.82, 2.24) is 5.32 Å². The summed E-state index contributed by atoms with van der Waals surface area (Å²) in [5, 5.41) is 3.84. The maximum absolute atomic E-state index is 13.7. The van der Waals surface area contributed by atoms with Crippen molar-refractivity contribution >= 4 is 11.6 Å². The molecule has 0 fully saturated rings. The van der Waals surface area contributed by atoms with Crippen LogP contribution < -0.4 is 5.32 Å². The molecular formula is C14H21ClFN. The first kappa shape index (κ1) is 14.5. The first-order valence-corrected chi connectivity index (χ1v) is 6.35. The van der Waals surface area contributed by atoms with Crippen LogP contribution in [0.1, 0.15) is 33.3 Å². The van der Waals surface area contributed by atoms with E-state index in [2.05, 4.69) is 33.0 Å². The van der Waals surface area contributed by atoms with Crippen LogP contribution in [0.15, 0.2) is 18.2 Å². The number of benzene rings is 1. The fourth-order valence-corrected chi connectivity index (χ4v) is 1.88. The van der Waals surface area contributed by atoms with Crippen LogP contribution in [0.2, 0.25) is 5.02 Å². The summed E-state index contributed by atoms with van der Waals surface area (Å²) in [5.41, 5.74) is 0.754. The monoisotopic (exact) mass is 257 g/mol. The molecule has 1 aromatic carbocycles. The molecule has 96 valence electrons. The molecule has 0 radical (unpaired) electrons. The minimum absolute atomic E-state index is 0.0267. The first-order chi connectivity index (χ1) is 7.80. The first-order valence-electron chi connectivity index (χ1n) is 5.97. The van der Waals surface area contributed by atoms with Gasteiger partial charge >= 0.3 is 0 Å². The summed E-state index contributed by atoms with van der Waals surface area (Å²) in [6.45, 7) is 9.36.